The zero-order chi connectivity index (χ0) is 16.8. The Morgan fingerprint density at radius 3 is 2.58 bits per heavy atom. The van der Waals surface area contributed by atoms with Crippen molar-refractivity contribution >= 4 is 5.91 Å². The van der Waals surface area contributed by atoms with Crippen LogP contribution in [0.25, 0.3) is 0 Å². The Labute approximate surface area is 141 Å². The van der Waals surface area contributed by atoms with Crippen LogP contribution in [0.4, 0.5) is 0 Å². The van der Waals surface area contributed by atoms with Crippen LogP contribution in [0.5, 0.6) is 0 Å². The number of nitrogens with one attached hydrogen (secondary N) is 1. The lowest BCUT2D eigenvalue weighted by atomic mass is 9.97. The standard InChI is InChI=1S/C19H22N2O3/c22-18-17(7-4-10-20-18)19(23)21-11-8-16(9-12-21)14-24-13-15-5-2-1-3-6-15/h1-7,10,16H,8-9,11-14H2,(H,20,22). The van der Waals surface area contributed by atoms with Gasteiger partial charge in [0.25, 0.3) is 11.5 Å². The molecule has 1 fully saturated rings. The third-order valence-corrected chi connectivity index (χ3v) is 4.42. The smallest absolute Gasteiger partial charge is 0.260 e. The topological polar surface area (TPSA) is 62.4 Å². The molecule has 2 aromatic rings. The molecule has 0 aliphatic carbocycles. The average Bonchev–Trinajstić information content (AvgIpc) is 2.63. The van der Waals surface area contributed by atoms with Gasteiger partial charge in [0.2, 0.25) is 0 Å². The first kappa shape index (κ1) is 16.5. The number of H-pyrrole nitrogens is 1. The highest BCUT2D eigenvalue weighted by molar-refractivity contribution is 5.93. The normalized spacial score (nSPS) is 15.4. The number of aromatic amines is 1. The summed E-state index contributed by atoms with van der Waals surface area (Å²) in [6, 6.07) is 13.4. The first-order valence-corrected chi connectivity index (χ1v) is 8.32. The molecule has 0 radical (unpaired) electrons. The SMILES string of the molecule is O=C(c1ccc[nH]c1=O)N1CCC(COCc2ccccc2)CC1. The van der Waals surface area contributed by atoms with Gasteiger partial charge in [0.05, 0.1) is 6.61 Å². The lowest BCUT2D eigenvalue weighted by molar-refractivity contribution is 0.0477. The molecule has 1 amide bonds. The molecule has 1 aliphatic rings. The van der Waals surface area contributed by atoms with Crippen LogP contribution in [-0.2, 0) is 11.3 Å². The van der Waals surface area contributed by atoms with E-state index >= 15 is 0 Å². The minimum absolute atomic E-state index is 0.180. The Morgan fingerprint density at radius 1 is 1.12 bits per heavy atom. The number of carbonyl (C=O) groups is 1. The summed E-state index contributed by atoms with van der Waals surface area (Å²) < 4.78 is 5.80. The van der Waals surface area contributed by atoms with E-state index in [9.17, 15) is 9.59 Å². The zero-order valence-electron chi connectivity index (χ0n) is 13.6. The van der Waals surface area contributed by atoms with Crippen molar-refractivity contribution in [2.45, 2.75) is 19.4 Å². The second-order valence-electron chi connectivity index (χ2n) is 6.15. The summed E-state index contributed by atoms with van der Waals surface area (Å²) in [6.07, 6.45) is 3.35. The van der Waals surface area contributed by atoms with E-state index in [-0.39, 0.29) is 17.0 Å². The van der Waals surface area contributed by atoms with E-state index < -0.39 is 0 Å². The number of hydrogen-bond donors (Lipinski definition) is 1. The van der Waals surface area contributed by atoms with Crippen LogP contribution in [0, 0.1) is 5.92 Å². The van der Waals surface area contributed by atoms with Crippen LogP contribution < -0.4 is 5.56 Å². The van der Waals surface area contributed by atoms with Crippen LogP contribution >= 0.6 is 0 Å². The molecule has 1 aromatic heterocycles. The lowest BCUT2D eigenvalue weighted by Gasteiger charge is -2.31. The summed E-state index contributed by atoms with van der Waals surface area (Å²) in [7, 11) is 0. The van der Waals surface area contributed by atoms with E-state index in [0.717, 1.165) is 12.8 Å². The number of nitrogens with zero attached hydrogens (tertiary/aromatic N) is 1. The van der Waals surface area contributed by atoms with Crippen molar-refractivity contribution in [3.05, 3.63) is 70.1 Å². The molecule has 1 saturated heterocycles. The molecule has 5 nitrogen and oxygen atoms in total. The summed E-state index contributed by atoms with van der Waals surface area (Å²) >= 11 is 0. The highest BCUT2D eigenvalue weighted by Crippen LogP contribution is 2.19. The molecule has 0 atom stereocenters. The number of amides is 1. The summed E-state index contributed by atoms with van der Waals surface area (Å²) in [5.41, 5.74) is 1.07. The number of likely N-dealkylation sites (tertiary alicyclic amines) is 1. The first-order chi connectivity index (χ1) is 11.7. The molecule has 3 rings (SSSR count). The van der Waals surface area contributed by atoms with Gasteiger partial charge in [-0.2, -0.15) is 0 Å². The van der Waals surface area contributed by atoms with Gasteiger partial charge in [-0.25, -0.2) is 0 Å². The predicted molar refractivity (Wildman–Crippen MR) is 91.8 cm³/mol. The minimum atomic E-state index is -0.323. The molecule has 1 N–H and O–H groups in total. The number of carbonyl (C=O) groups excluding carboxylic acids is 1. The van der Waals surface area contributed by atoms with Crippen LogP contribution in [0.2, 0.25) is 0 Å². The second-order valence-corrected chi connectivity index (χ2v) is 6.15. The fraction of sp³-hybridized carbons (Fsp3) is 0.368. The van der Waals surface area contributed by atoms with Gasteiger partial charge in [-0.05, 0) is 36.5 Å². The summed E-state index contributed by atoms with van der Waals surface area (Å²) in [5.74, 6) is 0.285. The maximum absolute atomic E-state index is 12.4. The van der Waals surface area contributed by atoms with Crippen LogP contribution in [0.15, 0.2) is 53.5 Å². The van der Waals surface area contributed by atoms with E-state index in [4.69, 9.17) is 4.74 Å². The monoisotopic (exact) mass is 326 g/mol. The Balaban J connectivity index is 1.45. The van der Waals surface area contributed by atoms with Crippen molar-refractivity contribution in [1.82, 2.24) is 9.88 Å². The molecule has 0 unspecified atom stereocenters. The number of pyridine rings is 1. The summed E-state index contributed by atoms with van der Waals surface area (Å²) in [6.45, 7) is 2.68. The molecule has 1 aromatic carbocycles. The predicted octanol–water partition coefficient (Wildman–Crippen LogP) is 2.44. The Bertz CT molecular complexity index is 719. The van der Waals surface area contributed by atoms with Gasteiger partial charge < -0.3 is 14.6 Å². The van der Waals surface area contributed by atoms with Gasteiger partial charge in [-0.15, -0.1) is 0 Å². The highest BCUT2D eigenvalue weighted by Gasteiger charge is 2.24. The lowest BCUT2D eigenvalue weighted by Crippen LogP contribution is -2.41. The van der Waals surface area contributed by atoms with Crippen LogP contribution in [-0.4, -0.2) is 35.5 Å². The second kappa shape index (κ2) is 7.93. The van der Waals surface area contributed by atoms with E-state index in [0.29, 0.717) is 32.2 Å². The maximum Gasteiger partial charge on any atom is 0.260 e. The van der Waals surface area contributed by atoms with E-state index in [1.54, 1.807) is 17.0 Å². The summed E-state index contributed by atoms with van der Waals surface area (Å²) in [4.78, 5) is 28.4. The molecule has 0 saturated carbocycles. The van der Waals surface area contributed by atoms with Gasteiger partial charge in [-0.3, -0.25) is 9.59 Å². The number of rotatable bonds is 5. The van der Waals surface area contributed by atoms with Crippen molar-refractivity contribution in [2.75, 3.05) is 19.7 Å². The minimum Gasteiger partial charge on any atom is -0.376 e. The van der Waals surface area contributed by atoms with Gasteiger partial charge in [0.1, 0.15) is 5.56 Å². The number of aromatic nitrogens is 1. The third-order valence-electron chi connectivity index (χ3n) is 4.42. The Morgan fingerprint density at radius 2 is 1.88 bits per heavy atom. The van der Waals surface area contributed by atoms with Crippen molar-refractivity contribution in [2.24, 2.45) is 5.92 Å². The zero-order valence-corrected chi connectivity index (χ0v) is 13.6. The van der Waals surface area contributed by atoms with E-state index in [1.807, 2.05) is 18.2 Å². The van der Waals surface area contributed by atoms with Gasteiger partial charge in [-0.1, -0.05) is 30.3 Å². The van der Waals surface area contributed by atoms with Crippen LogP contribution in [0.3, 0.4) is 0 Å². The fourth-order valence-corrected chi connectivity index (χ4v) is 2.98. The van der Waals surface area contributed by atoms with E-state index in [2.05, 4.69) is 17.1 Å². The van der Waals surface area contributed by atoms with Gasteiger partial charge in [0, 0.05) is 25.9 Å². The number of hydrogen-bond acceptors (Lipinski definition) is 3. The molecule has 0 bridgehead atoms. The molecular weight excluding hydrogens is 304 g/mol. The van der Waals surface area contributed by atoms with Gasteiger partial charge >= 0.3 is 0 Å². The van der Waals surface area contributed by atoms with Crippen molar-refractivity contribution in [1.29, 1.82) is 0 Å². The molecule has 2 heterocycles. The Kier molecular flexibility index (Phi) is 5.43. The largest absolute Gasteiger partial charge is 0.376 e. The third kappa shape index (κ3) is 4.11. The molecule has 5 heteroatoms. The fourth-order valence-electron chi connectivity index (χ4n) is 2.98. The molecule has 0 spiro atoms. The maximum atomic E-state index is 12.4. The molecule has 1 aliphatic heterocycles. The van der Waals surface area contributed by atoms with Crippen molar-refractivity contribution in [3.63, 3.8) is 0 Å². The van der Waals surface area contributed by atoms with Crippen molar-refractivity contribution < 1.29 is 9.53 Å². The quantitative estimate of drug-likeness (QED) is 0.918. The number of piperidine rings is 1. The van der Waals surface area contributed by atoms with Crippen LogP contribution in [0.1, 0.15) is 28.8 Å². The first-order valence-electron chi connectivity index (χ1n) is 8.32. The van der Waals surface area contributed by atoms with Gasteiger partial charge in [0.15, 0.2) is 0 Å². The van der Waals surface area contributed by atoms with E-state index in [1.165, 1.54) is 11.8 Å². The highest BCUT2D eigenvalue weighted by atomic mass is 16.5. The number of ether oxygens (including phenoxy) is 1. The molecule has 24 heavy (non-hydrogen) atoms. The Hall–Kier alpha value is -2.40. The molecule has 126 valence electrons. The number of benzene rings is 1. The molecular formula is C19H22N2O3. The van der Waals surface area contributed by atoms with Crippen molar-refractivity contribution in [3.8, 4) is 0 Å². The average molecular weight is 326 g/mol. The summed E-state index contributed by atoms with van der Waals surface area (Å²) in [5, 5.41) is 0.